The number of likely N-dealkylation sites (N-methyl/N-ethyl adjacent to an activating group) is 1. The van der Waals surface area contributed by atoms with Gasteiger partial charge in [-0.05, 0) is 42.3 Å². The summed E-state index contributed by atoms with van der Waals surface area (Å²) in [5.41, 5.74) is 1.73. The molecule has 1 unspecified atom stereocenters. The lowest BCUT2D eigenvalue weighted by atomic mass is 9.96. The molecule has 0 aromatic heterocycles. The van der Waals surface area contributed by atoms with Crippen molar-refractivity contribution in [3.8, 4) is 11.5 Å². The summed E-state index contributed by atoms with van der Waals surface area (Å²) in [5, 5.41) is 2.90. The summed E-state index contributed by atoms with van der Waals surface area (Å²) >= 11 is 0. The number of carbonyl (C=O) groups excluding carboxylic acids is 2. The zero-order valence-corrected chi connectivity index (χ0v) is 14.9. The first kappa shape index (κ1) is 17.8. The molecule has 2 amide bonds. The third-order valence-corrected chi connectivity index (χ3v) is 4.23. The number of para-hydroxylation sites is 1. The number of carbonyl (C=O) groups is 2. The Morgan fingerprint density at radius 2 is 1.88 bits per heavy atom. The average Bonchev–Trinajstić information content (AvgIpc) is 2.66. The molecule has 26 heavy (non-hydrogen) atoms. The van der Waals surface area contributed by atoms with Crippen LogP contribution in [0.3, 0.4) is 0 Å². The topological polar surface area (TPSA) is 67.9 Å². The molecule has 0 radical (unpaired) electrons. The van der Waals surface area contributed by atoms with Gasteiger partial charge in [-0.2, -0.15) is 0 Å². The smallest absolute Gasteiger partial charge is 0.259 e. The molecule has 0 aliphatic carbocycles. The first-order valence-electron chi connectivity index (χ1n) is 8.47. The minimum atomic E-state index is -0.224. The molecule has 0 fully saturated rings. The largest absolute Gasteiger partial charge is 0.492 e. The Balaban J connectivity index is 1.54. The van der Waals surface area contributed by atoms with Crippen LogP contribution in [0.2, 0.25) is 0 Å². The number of rotatable bonds is 5. The fourth-order valence-electron chi connectivity index (χ4n) is 2.65. The predicted molar refractivity (Wildman–Crippen MR) is 98.4 cm³/mol. The Kier molecular flexibility index (Phi) is 5.41. The van der Waals surface area contributed by atoms with Crippen molar-refractivity contribution in [2.75, 3.05) is 32.6 Å². The number of amides is 2. The second-order valence-electron chi connectivity index (χ2n) is 6.41. The summed E-state index contributed by atoms with van der Waals surface area (Å²) in [6, 6.07) is 14.7. The molecule has 0 spiro atoms. The second-order valence-corrected chi connectivity index (χ2v) is 6.41. The second kappa shape index (κ2) is 7.91. The summed E-state index contributed by atoms with van der Waals surface area (Å²) in [4.78, 5) is 25.5. The molecule has 1 N–H and O–H groups in total. The van der Waals surface area contributed by atoms with Crippen molar-refractivity contribution in [3.63, 3.8) is 0 Å². The van der Waals surface area contributed by atoms with Crippen LogP contribution in [0.5, 0.6) is 11.5 Å². The molecule has 1 atom stereocenters. The quantitative estimate of drug-likeness (QED) is 0.895. The van der Waals surface area contributed by atoms with E-state index in [1.54, 1.807) is 38.4 Å². The van der Waals surface area contributed by atoms with E-state index in [4.69, 9.17) is 9.47 Å². The number of anilines is 1. The van der Waals surface area contributed by atoms with Gasteiger partial charge in [0.25, 0.3) is 5.91 Å². The van der Waals surface area contributed by atoms with E-state index in [1.807, 2.05) is 24.3 Å². The van der Waals surface area contributed by atoms with Crippen molar-refractivity contribution >= 4 is 17.5 Å². The molecule has 6 heteroatoms. The molecule has 1 aliphatic heterocycles. The maximum absolute atomic E-state index is 12.5. The SMILES string of the molecule is CN(C)C(=O)COc1ccc(NC(=O)C2COc3ccccc3C2)cc1. The van der Waals surface area contributed by atoms with Gasteiger partial charge in [0.1, 0.15) is 18.1 Å². The van der Waals surface area contributed by atoms with Crippen molar-refractivity contribution in [2.45, 2.75) is 6.42 Å². The molecule has 2 aromatic carbocycles. The summed E-state index contributed by atoms with van der Waals surface area (Å²) in [6.45, 7) is 0.355. The van der Waals surface area contributed by atoms with Crippen molar-refractivity contribution in [1.82, 2.24) is 4.90 Å². The van der Waals surface area contributed by atoms with E-state index in [0.717, 1.165) is 11.3 Å². The van der Waals surface area contributed by atoms with Gasteiger partial charge in [-0.15, -0.1) is 0 Å². The molecule has 0 saturated heterocycles. The molecule has 0 saturated carbocycles. The minimum absolute atomic E-state index is 0.0163. The van der Waals surface area contributed by atoms with E-state index >= 15 is 0 Å². The Hall–Kier alpha value is -3.02. The monoisotopic (exact) mass is 354 g/mol. The summed E-state index contributed by atoms with van der Waals surface area (Å²) in [5.74, 6) is 1.02. The van der Waals surface area contributed by atoms with Crippen LogP contribution in [0.15, 0.2) is 48.5 Å². The number of fused-ring (bicyclic) bond motifs is 1. The van der Waals surface area contributed by atoms with Crippen molar-refractivity contribution in [2.24, 2.45) is 5.92 Å². The minimum Gasteiger partial charge on any atom is -0.492 e. The van der Waals surface area contributed by atoms with Crippen molar-refractivity contribution in [1.29, 1.82) is 0 Å². The summed E-state index contributed by atoms with van der Waals surface area (Å²) < 4.78 is 11.1. The summed E-state index contributed by atoms with van der Waals surface area (Å²) in [7, 11) is 3.36. The molecule has 1 aliphatic rings. The highest BCUT2D eigenvalue weighted by molar-refractivity contribution is 5.93. The molecule has 6 nitrogen and oxygen atoms in total. The number of hydrogen-bond acceptors (Lipinski definition) is 4. The van der Waals surface area contributed by atoms with Gasteiger partial charge in [0.05, 0.1) is 5.92 Å². The van der Waals surface area contributed by atoms with E-state index in [1.165, 1.54) is 4.90 Å². The maximum atomic E-state index is 12.5. The van der Waals surface area contributed by atoms with Gasteiger partial charge in [0.15, 0.2) is 6.61 Å². The van der Waals surface area contributed by atoms with Crippen LogP contribution < -0.4 is 14.8 Å². The zero-order valence-electron chi connectivity index (χ0n) is 14.9. The highest BCUT2D eigenvalue weighted by Gasteiger charge is 2.25. The number of benzene rings is 2. The zero-order chi connectivity index (χ0) is 18.5. The van der Waals surface area contributed by atoms with Crippen LogP contribution in [-0.4, -0.2) is 44.0 Å². The van der Waals surface area contributed by atoms with E-state index in [9.17, 15) is 9.59 Å². The molecular formula is C20H22N2O4. The van der Waals surface area contributed by atoms with Gasteiger partial charge in [-0.1, -0.05) is 18.2 Å². The van der Waals surface area contributed by atoms with Gasteiger partial charge in [-0.25, -0.2) is 0 Å². The van der Waals surface area contributed by atoms with Crippen LogP contribution in [0.1, 0.15) is 5.56 Å². The molecule has 0 bridgehead atoms. The Morgan fingerprint density at radius 3 is 2.62 bits per heavy atom. The van der Waals surface area contributed by atoms with Crippen LogP contribution in [0, 0.1) is 5.92 Å². The third kappa shape index (κ3) is 4.33. The number of ether oxygens (including phenoxy) is 2. The van der Waals surface area contributed by atoms with Crippen LogP contribution in [0.4, 0.5) is 5.69 Å². The van der Waals surface area contributed by atoms with Gasteiger partial charge in [0, 0.05) is 19.8 Å². The van der Waals surface area contributed by atoms with Gasteiger partial charge in [0.2, 0.25) is 5.91 Å². The first-order chi connectivity index (χ1) is 12.5. The molecule has 2 aromatic rings. The molecular weight excluding hydrogens is 332 g/mol. The Bertz CT molecular complexity index is 787. The standard InChI is InChI=1S/C20H22N2O4/c1-22(2)19(23)13-25-17-9-7-16(8-10-17)21-20(24)15-11-14-5-3-4-6-18(14)26-12-15/h3-10,15H,11-13H2,1-2H3,(H,21,24). The molecule has 136 valence electrons. The lowest BCUT2D eigenvalue weighted by Gasteiger charge is -2.24. The highest BCUT2D eigenvalue weighted by atomic mass is 16.5. The van der Waals surface area contributed by atoms with Gasteiger partial charge in [-0.3, -0.25) is 9.59 Å². The normalized spacial score (nSPS) is 15.4. The maximum Gasteiger partial charge on any atom is 0.259 e. The Labute approximate surface area is 152 Å². The Morgan fingerprint density at radius 1 is 1.15 bits per heavy atom. The van der Waals surface area contributed by atoms with Crippen molar-refractivity contribution < 1.29 is 19.1 Å². The van der Waals surface area contributed by atoms with E-state index in [-0.39, 0.29) is 24.3 Å². The van der Waals surface area contributed by atoms with Gasteiger partial charge < -0.3 is 19.7 Å². The third-order valence-electron chi connectivity index (χ3n) is 4.23. The first-order valence-corrected chi connectivity index (χ1v) is 8.47. The van der Waals surface area contributed by atoms with Gasteiger partial charge >= 0.3 is 0 Å². The highest BCUT2D eigenvalue weighted by Crippen LogP contribution is 2.27. The lowest BCUT2D eigenvalue weighted by molar-refractivity contribution is -0.130. The van der Waals surface area contributed by atoms with E-state index in [0.29, 0.717) is 24.5 Å². The fraction of sp³-hybridized carbons (Fsp3) is 0.300. The van der Waals surface area contributed by atoms with Crippen LogP contribution in [0.25, 0.3) is 0 Å². The number of hydrogen-bond donors (Lipinski definition) is 1. The lowest BCUT2D eigenvalue weighted by Crippen LogP contribution is -2.32. The van der Waals surface area contributed by atoms with E-state index in [2.05, 4.69) is 5.32 Å². The van der Waals surface area contributed by atoms with E-state index < -0.39 is 0 Å². The fourth-order valence-corrected chi connectivity index (χ4v) is 2.65. The predicted octanol–water partition coefficient (Wildman–Crippen LogP) is 2.34. The molecule has 3 rings (SSSR count). The average molecular weight is 354 g/mol. The molecule has 1 heterocycles. The van der Waals surface area contributed by atoms with Crippen LogP contribution in [-0.2, 0) is 16.0 Å². The summed E-state index contributed by atoms with van der Waals surface area (Å²) in [6.07, 6.45) is 0.663. The number of nitrogens with zero attached hydrogens (tertiary/aromatic N) is 1. The number of nitrogens with one attached hydrogen (secondary N) is 1. The van der Waals surface area contributed by atoms with Crippen LogP contribution >= 0.6 is 0 Å². The van der Waals surface area contributed by atoms with Crippen molar-refractivity contribution in [3.05, 3.63) is 54.1 Å².